The van der Waals surface area contributed by atoms with Crippen LogP contribution in [0.2, 0.25) is 0 Å². The van der Waals surface area contributed by atoms with Crippen molar-refractivity contribution < 1.29 is 9.53 Å². The summed E-state index contributed by atoms with van der Waals surface area (Å²) in [5.74, 6) is 0.513. The Morgan fingerprint density at radius 1 is 1.24 bits per heavy atom. The highest BCUT2D eigenvalue weighted by Crippen LogP contribution is 2.34. The molecule has 1 aromatic heterocycles. The first-order chi connectivity index (χ1) is 10.2. The van der Waals surface area contributed by atoms with Gasteiger partial charge in [-0.15, -0.1) is 13.2 Å². The van der Waals surface area contributed by atoms with Gasteiger partial charge in [-0.05, 0) is 18.2 Å². The number of ether oxygens (including phenoxy) is 1. The molecule has 1 aliphatic rings. The summed E-state index contributed by atoms with van der Waals surface area (Å²) in [7, 11) is 4.92. The summed E-state index contributed by atoms with van der Waals surface area (Å²) in [5, 5.41) is 4.25. The third kappa shape index (κ3) is 2.24. The van der Waals surface area contributed by atoms with E-state index in [2.05, 4.69) is 28.2 Å². The van der Waals surface area contributed by atoms with Crippen molar-refractivity contribution in [1.29, 1.82) is 0 Å². The Morgan fingerprint density at radius 3 is 2.57 bits per heavy atom. The zero-order valence-corrected chi connectivity index (χ0v) is 12.3. The fourth-order valence-electron chi connectivity index (χ4n) is 2.18. The fraction of sp³-hybridized carbons (Fsp3) is 0.200. The summed E-state index contributed by atoms with van der Waals surface area (Å²) < 4.78 is 6.64. The van der Waals surface area contributed by atoms with Crippen LogP contribution in [0.5, 0.6) is 5.75 Å². The molecule has 0 spiro atoms. The third-order valence-corrected chi connectivity index (χ3v) is 3.12. The lowest BCUT2D eigenvalue weighted by Crippen LogP contribution is -2.26. The zero-order valence-electron chi connectivity index (χ0n) is 12.3. The lowest BCUT2D eigenvalue weighted by atomic mass is 10.1. The summed E-state index contributed by atoms with van der Waals surface area (Å²) in [6, 6.07) is 5.34. The summed E-state index contributed by atoms with van der Waals surface area (Å²) in [6.45, 7) is 6.00. The number of fused-ring (bicyclic) bond motifs is 3. The molecule has 0 amide bonds. The second-order valence-corrected chi connectivity index (χ2v) is 4.20. The van der Waals surface area contributed by atoms with Crippen LogP contribution in [0.3, 0.4) is 0 Å². The monoisotopic (exact) mass is 284 g/mol. The maximum atomic E-state index is 12.3. The van der Waals surface area contributed by atoms with Gasteiger partial charge in [0.15, 0.2) is 5.69 Å². The Kier molecular flexibility index (Phi) is 3.98. The standard InChI is InChI=1S/C13H12N4O2.C2H4/c1-14-13-15-10-8-5-4-7(19-3)6-9(8)12(18)11(10)16-17(13)2;1-2/h4-6H,1-3H3;1-2H2. The van der Waals surface area contributed by atoms with Gasteiger partial charge in [-0.25, -0.2) is 9.67 Å². The van der Waals surface area contributed by atoms with Gasteiger partial charge in [0.1, 0.15) is 11.4 Å². The quantitative estimate of drug-likeness (QED) is 0.633. The molecule has 108 valence electrons. The Labute approximate surface area is 122 Å². The minimum Gasteiger partial charge on any atom is -0.497 e. The number of carbonyl (C=O) groups is 1. The predicted octanol–water partition coefficient (Wildman–Crippen LogP) is 1.37. The third-order valence-electron chi connectivity index (χ3n) is 3.12. The molecule has 0 unspecified atom stereocenters. The first-order valence-electron chi connectivity index (χ1n) is 6.27. The van der Waals surface area contributed by atoms with Crippen LogP contribution in [0.25, 0.3) is 11.3 Å². The van der Waals surface area contributed by atoms with Gasteiger partial charge in [-0.2, -0.15) is 5.10 Å². The van der Waals surface area contributed by atoms with Crippen molar-refractivity contribution in [1.82, 2.24) is 14.8 Å². The number of nitrogens with zero attached hydrogens (tertiary/aromatic N) is 4. The molecule has 0 saturated heterocycles. The van der Waals surface area contributed by atoms with Crippen LogP contribution in [0.15, 0.2) is 36.3 Å². The number of hydrogen-bond acceptors (Lipinski definition) is 5. The van der Waals surface area contributed by atoms with Crippen LogP contribution in [-0.4, -0.2) is 34.7 Å². The van der Waals surface area contributed by atoms with Gasteiger partial charge in [0.25, 0.3) is 0 Å². The Bertz CT molecular complexity index is 778. The van der Waals surface area contributed by atoms with Gasteiger partial charge in [0, 0.05) is 25.2 Å². The van der Waals surface area contributed by atoms with Gasteiger partial charge in [0.05, 0.1) is 7.11 Å². The molecular weight excluding hydrogens is 268 g/mol. The molecular formula is C15H16N4O2. The Balaban J connectivity index is 0.000000774. The molecule has 6 nitrogen and oxygen atoms in total. The van der Waals surface area contributed by atoms with Crippen molar-refractivity contribution in [3.63, 3.8) is 0 Å². The maximum absolute atomic E-state index is 12.3. The molecule has 1 aromatic carbocycles. The molecule has 0 aliphatic heterocycles. The number of carbonyl (C=O) groups excluding carboxylic acids is 1. The minimum absolute atomic E-state index is 0.130. The Hall–Kier alpha value is -2.76. The SMILES string of the molecule is C=C.CN=c1nc2c(nn1C)C(=O)c1cc(OC)ccc1-2. The fourth-order valence-corrected chi connectivity index (χ4v) is 2.18. The van der Waals surface area contributed by atoms with E-state index in [0.717, 1.165) is 5.56 Å². The van der Waals surface area contributed by atoms with Gasteiger partial charge in [0.2, 0.25) is 11.4 Å². The van der Waals surface area contributed by atoms with Crippen LogP contribution in [0, 0.1) is 0 Å². The highest BCUT2D eigenvalue weighted by atomic mass is 16.5. The molecule has 0 radical (unpaired) electrons. The van der Waals surface area contributed by atoms with E-state index in [1.807, 2.05) is 6.07 Å². The molecule has 21 heavy (non-hydrogen) atoms. The van der Waals surface area contributed by atoms with Crippen molar-refractivity contribution >= 4 is 5.78 Å². The summed E-state index contributed by atoms with van der Waals surface area (Å²) in [6.07, 6.45) is 0. The van der Waals surface area contributed by atoms with Gasteiger partial charge in [-0.3, -0.25) is 9.79 Å². The smallest absolute Gasteiger partial charge is 0.241 e. The van der Waals surface area contributed by atoms with Crippen LogP contribution < -0.4 is 10.4 Å². The molecule has 2 aromatic rings. The Morgan fingerprint density at radius 2 is 1.95 bits per heavy atom. The highest BCUT2D eigenvalue weighted by molar-refractivity contribution is 6.19. The van der Waals surface area contributed by atoms with Crippen molar-refractivity contribution in [3.8, 4) is 17.0 Å². The average molecular weight is 284 g/mol. The number of ketones is 1. The number of aromatic nitrogens is 3. The van der Waals surface area contributed by atoms with E-state index in [0.29, 0.717) is 28.3 Å². The molecule has 0 saturated carbocycles. The molecule has 0 N–H and O–H groups in total. The van der Waals surface area contributed by atoms with Crippen LogP contribution in [0.4, 0.5) is 0 Å². The molecule has 1 heterocycles. The molecule has 0 bridgehead atoms. The topological polar surface area (TPSA) is 69.4 Å². The number of rotatable bonds is 1. The van der Waals surface area contributed by atoms with Crippen LogP contribution in [-0.2, 0) is 7.05 Å². The first kappa shape index (κ1) is 14.6. The molecule has 1 aliphatic carbocycles. The first-order valence-corrected chi connectivity index (χ1v) is 6.27. The number of hydrogen-bond donors (Lipinski definition) is 0. The van der Waals surface area contributed by atoms with E-state index >= 15 is 0 Å². The van der Waals surface area contributed by atoms with Gasteiger partial charge < -0.3 is 4.74 Å². The van der Waals surface area contributed by atoms with Gasteiger partial charge >= 0.3 is 0 Å². The summed E-state index contributed by atoms with van der Waals surface area (Å²) in [5.41, 5.74) is 2.77. The summed E-state index contributed by atoms with van der Waals surface area (Å²) in [4.78, 5) is 20.7. The van der Waals surface area contributed by atoms with Crippen LogP contribution >= 0.6 is 0 Å². The lowest BCUT2D eigenvalue weighted by molar-refractivity contribution is 0.103. The normalized spacial score (nSPS) is 12.3. The van der Waals surface area contributed by atoms with E-state index < -0.39 is 0 Å². The summed E-state index contributed by atoms with van der Waals surface area (Å²) >= 11 is 0. The number of benzene rings is 1. The van der Waals surface area contributed by atoms with Crippen molar-refractivity contribution in [2.24, 2.45) is 12.0 Å². The second-order valence-electron chi connectivity index (χ2n) is 4.20. The van der Waals surface area contributed by atoms with E-state index in [1.165, 1.54) is 4.68 Å². The van der Waals surface area contributed by atoms with E-state index in [4.69, 9.17) is 4.74 Å². The maximum Gasteiger partial charge on any atom is 0.241 e. The second kappa shape index (κ2) is 5.70. The van der Waals surface area contributed by atoms with E-state index in [9.17, 15) is 4.79 Å². The number of methoxy groups -OCH3 is 1. The predicted molar refractivity (Wildman–Crippen MR) is 79.2 cm³/mol. The van der Waals surface area contributed by atoms with E-state index in [-0.39, 0.29) is 5.78 Å². The molecule has 0 atom stereocenters. The molecule has 6 heteroatoms. The molecule has 3 rings (SSSR count). The molecule has 0 fully saturated rings. The van der Waals surface area contributed by atoms with Crippen LogP contribution in [0.1, 0.15) is 16.1 Å². The lowest BCUT2D eigenvalue weighted by Gasteiger charge is -2.02. The zero-order chi connectivity index (χ0) is 15.6. The number of aryl methyl sites for hydroxylation is 1. The highest BCUT2D eigenvalue weighted by Gasteiger charge is 2.30. The van der Waals surface area contributed by atoms with Crippen molar-refractivity contribution in [3.05, 3.63) is 48.2 Å². The van der Waals surface area contributed by atoms with Crippen molar-refractivity contribution in [2.45, 2.75) is 0 Å². The minimum atomic E-state index is -0.130. The van der Waals surface area contributed by atoms with Crippen molar-refractivity contribution in [2.75, 3.05) is 14.2 Å². The van der Waals surface area contributed by atoms with E-state index in [1.54, 1.807) is 33.3 Å². The van der Waals surface area contributed by atoms with Gasteiger partial charge in [-0.1, -0.05) is 0 Å². The largest absolute Gasteiger partial charge is 0.497 e. The average Bonchev–Trinajstić information content (AvgIpc) is 2.80.